The van der Waals surface area contributed by atoms with Gasteiger partial charge < -0.3 is 4.57 Å². The molecule has 1 heterocycles. The number of rotatable bonds is 2. The van der Waals surface area contributed by atoms with Gasteiger partial charge in [-0.3, -0.25) is 0 Å². The number of hydrogen-bond acceptors (Lipinski definition) is 2. The Morgan fingerprint density at radius 2 is 1.81 bits per heavy atom. The van der Waals surface area contributed by atoms with Gasteiger partial charge in [0.25, 0.3) is 0 Å². The Morgan fingerprint density at radius 3 is 2.48 bits per heavy atom. The quantitative estimate of drug-likeness (QED) is 0.714. The highest BCUT2D eigenvalue weighted by Crippen LogP contribution is 2.32. The smallest absolute Gasteiger partial charge is 0.119 e. The first-order chi connectivity index (χ1) is 10.0. The Bertz CT molecular complexity index is 836. The fraction of sp³-hybridized carbons (Fsp3) is 0.222. The minimum Gasteiger partial charge on any atom is -0.330 e. The first-order valence-electron chi connectivity index (χ1n) is 6.96. The van der Waals surface area contributed by atoms with Gasteiger partial charge in [-0.1, -0.05) is 30.3 Å². The molecule has 0 saturated carbocycles. The molecule has 3 heteroatoms. The molecule has 0 fully saturated rings. The average Bonchev–Trinajstić information content (AvgIpc) is 2.85. The summed E-state index contributed by atoms with van der Waals surface area (Å²) < 4.78 is 2.09. The summed E-state index contributed by atoms with van der Waals surface area (Å²) >= 11 is 0. The molecule has 0 unspecified atom stereocenters. The minimum absolute atomic E-state index is 0.193. The van der Waals surface area contributed by atoms with E-state index in [2.05, 4.69) is 36.6 Å². The summed E-state index contributed by atoms with van der Waals surface area (Å²) in [7, 11) is 2.01. The van der Waals surface area contributed by atoms with Crippen LogP contribution in [0.1, 0.15) is 30.8 Å². The Labute approximate surface area is 124 Å². The number of imidazole rings is 1. The number of hydrogen-bond donors (Lipinski definition) is 0. The van der Waals surface area contributed by atoms with Crippen molar-refractivity contribution in [2.75, 3.05) is 0 Å². The molecule has 0 aliphatic rings. The van der Waals surface area contributed by atoms with Gasteiger partial charge in [0.15, 0.2) is 0 Å². The number of aryl methyl sites for hydroxylation is 1. The summed E-state index contributed by atoms with van der Waals surface area (Å²) in [4.78, 5) is 4.79. The van der Waals surface area contributed by atoms with Crippen molar-refractivity contribution in [2.45, 2.75) is 19.3 Å². The van der Waals surface area contributed by atoms with Gasteiger partial charge in [-0.05, 0) is 37.6 Å². The highest BCUT2D eigenvalue weighted by Gasteiger charge is 2.28. The normalized spacial score (nSPS) is 11.5. The first kappa shape index (κ1) is 13.4. The van der Waals surface area contributed by atoms with Crippen molar-refractivity contribution in [3.05, 3.63) is 65.5 Å². The second-order valence-corrected chi connectivity index (χ2v) is 5.80. The lowest BCUT2D eigenvalue weighted by molar-refractivity contribution is 0.567. The van der Waals surface area contributed by atoms with Crippen LogP contribution in [-0.4, -0.2) is 9.55 Å². The van der Waals surface area contributed by atoms with Crippen molar-refractivity contribution >= 4 is 11.0 Å². The number of nitrogens with zero attached hydrogens (tertiary/aromatic N) is 3. The van der Waals surface area contributed by atoms with Gasteiger partial charge in [-0.25, -0.2) is 4.98 Å². The lowest BCUT2D eigenvalue weighted by Crippen LogP contribution is -2.23. The lowest BCUT2D eigenvalue weighted by Gasteiger charge is -2.24. The van der Waals surface area contributed by atoms with E-state index in [1.165, 1.54) is 5.56 Å². The predicted molar refractivity (Wildman–Crippen MR) is 84.0 cm³/mol. The van der Waals surface area contributed by atoms with E-state index < -0.39 is 0 Å². The van der Waals surface area contributed by atoms with Crippen molar-refractivity contribution in [1.29, 1.82) is 5.26 Å². The number of nitriles is 1. The zero-order valence-electron chi connectivity index (χ0n) is 12.5. The maximum Gasteiger partial charge on any atom is 0.119 e. The maximum atomic E-state index is 9.05. The maximum absolute atomic E-state index is 9.05. The third-order valence-corrected chi connectivity index (χ3v) is 4.06. The summed E-state index contributed by atoms with van der Waals surface area (Å²) in [6.45, 7) is 4.35. The van der Waals surface area contributed by atoms with Gasteiger partial charge in [-0.2, -0.15) is 5.26 Å². The fourth-order valence-electron chi connectivity index (χ4n) is 2.80. The predicted octanol–water partition coefficient (Wildman–Crippen LogP) is 3.77. The van der Waals surface area contributed by atoms with Gasteiger partial charge in [0.05, 0.1) is 22.7 Å². The van der Waals surface area contributed by atoms with E-state index in [9.17, 15) is 0 Å². The second-order valence-electron chi connectivity index (χ2n) is 5.80. The Morgan fingerprint density at radius 1 is 1.10 bits per heavy atom. The molecule has 2 aromatic carbocycles. The van der Waals surface area contributed by atoms with Crippen molar-refractivity contribution in [1.82, 2.24) is 9.55 Å². The third kappa shape index (κ3) is 2.09. The van der Waals surface area contributed by atoms with Crippen LogP contribution in [0.2, 0.25) is 0 Å². The Kier molecular flexibility index (Phi) is 3.03. The molecule has 0 N–H and O–H groups in total. The minimum atomic E-state index is -0.193. The van der Waals surface area contributed by atoms with Gasteiger partial charge >= 0.3 is 0 Å². The zero-order chi connectivity index (χ0) is 15.0. The van der Waals surface area contributed by atoms with Crippen LogP contribution in [0.3, 0.4) is 0 Å². The van der Waals surface area contributed by atoms with Gasteiger partial charge in [0, 0.05) is 12.5 Å². The van der Waals surface area contributed by atoms with Gasteiger partial charge in [-0.15, -0.1) is 0 Å². The molecule has 0 atom stereocenters. The van der Waals surface area contributed by atoms with Crippen LogP contribution in [0, 0.1) is 11.3 Å². The van der Waals surface area contributed by atoms with Crippen molar-refractivity contribution < 1.29 is 0 Å². The van der Waals surface area contributed by atoms with E-state index in [1.807, 2.05) is 43.4 Å². The standard InChI is InChI=1S/C18H17N3/c1-18(2,14-7-5-4-6-8-14)17-20-15-10-9-13(12-19)11-16(15)21(17)3/h4-11H,1-3H3. The van der Waals surface area contributed by atoms with E-state index in [4.69, 9.17) is 10.2 Å². The van der Waals surface area contributed by atoms with Gasteiger partial charge in [0.2, 0.25) is 0 Å². The molecule has 0 aliphatic heterocycles. The molecule has 3 rings (SSSR count). The largest absolute Gasteiger partial charge is 0.330 e. The summed E-state index contributed by atoms with van der Waals surface area (Å²) in [6, 6.07) is 18.2. The molecule has 0 radical (unpaired) electrons. The van der Waals surface area contributed by atoms with Crippen LogP contribution in [0.15, 0.2) is 48.5 Å². The Hall–Kier alpha value is -2.60. The van der Waals surface area contributed by atoms with Crippen LogP contribution in [-0.2, 0) is 12.5 Å². The van der Waals surface area contributed by atoms with Crippen LogP contribution >= 0.6 is 0 Å². The van der Waals surface area contributed by atoms with E-state index in [0.717, 1.165) is 16.9 Å². The number of aromatic nitrogens is 2. The van der Waals surface area contributed by atoms with E-state index >= 15 is 0 Å². The molecular weight excluding hydrogens is 258 g/mol. The van der Waals surface area contributed by atoms with Crippen molar-refractivity contribution in [3.63, 3.8) is 0 Å². The zero-order valence-corrected chi connectivity index (χ0v) is 12.5. The third-order valence-electron chi connectivity index (χ3n) is 4.06. The molecule has 0 saturated heterocycles. The fourth-order valence-corrected chi connectivity index (χ4v) is 2.80. The SMILES string of the molecule is Cn1c(C(C)(C)c2ccccc2)nc2ccc(C#N)cc21. The van der Waals surface area contributed by atoms with Crippen LogP contribution in [0.4, 0.5) is 0 Å². The molecular formula is C18H17N3. The number of benzene rings is 2. The van der Waals surface area contributed by atoms with Crippen molar-refractivity contribution in [2.24, 2.45) is 7.05 Å². The first-order valence-corrected chi connectivity index (χ1v) is 6.96. The lowest BCUT2D eigenvalue weighted by atomic mass is 9.84. The molecule has 21 heavy (non-hydrogen) atoms. The molecule has 1 aromatic heterocycles. The molecule has 0 aliphatic carbocycles. The monoisotopic (exact) mass is 275 g/mol. The van der Waals surface area contributed by atoms with Crippen LogP contribution in [0.5, 0.6) is 0 Å². The highest BCUT2D eigenvalue weighted by atomic mass is 15.1. The van der Waals surface area contributed by atoms with E-state index in [1.54, 1.807) is 0 Å². The molecule has 104 valence electrons. The summed E-state index contributed by atoms with van der Waals surface area (Å²) in [5.74, 6) is 0.999. The molecule has 0 amide bonds. The molecule has 3 aromatic rings. The molecule has 0 spiro atoms. The highest BCUT2D eigenvalue weighted by molar-refractivity contribution is 5.78. The van der Waals surface area contributed by atoms with Crippen molar-refractivity contribution in [3.8, 4) is 6.07 Å². The average molecular weight is 275 g/mol. The molecule has 3 nitrogen and oxygen atoms in total. The molecule has 0 bridgehead atoms. The van der Waals surface area contributed by atoms with Crippen LogP contribution in [0.25, 0.3) is 11.0 Å². The van der Waals surface area contributed by atoms with Gasteiger partial charge in [0.1, 0.15) is 5.82 Å². The summed E-state index contributed by atoms with van der Waals surface area (Å²) in [6.07, 6.45) is 0. The topological polar surface area (TPSA) is 41.6 Å². The Balaban J connectivity index is 2.21. The second kappa shape index (κ2) is 4.75. The van der Waals surface area contributed by atoms with E-state index in [0.29, 0.717) is 5.56 Å². The van der Waals surface area contributed by atoms with Crippen LogP contribution < -0.4 is 0 Å². The summed E-state index contributed by atoms with van der Waals surface area (Å²) in [5, 5.41) is 9.05. The van der Waals surface area contributed by atoms with E-state index in [-0.39, 0.29) is 5.41 Å². The summed E-state index contributed by atoms with van der Waals surface area (Å²) in [5.41, 5.74) is 3.61. The number of fused-ring (bicyclic) bond motifs is 1.